The summed E-state index contributed by atoms with van der Waals surface area (Å²) in [7, 11) is 0. The first kappa shape index (κ1) is 18.8. The lowest BCUT2D eigenvalue weighted by molar-refractivity contribution is 0.0732. The normalized spacial score (nSPS) is 29.7. The Morgan fingerprint density at radius 3 is 2.76 bits per heavy atom. The van der Waals surface area contributed by atoms with Crippen molar-refractivity contribution in [3.63, 3.8) is 0 Å². The van der Waals surface area contributed by atoms with Gasteiger partial charge in [0.25, 0.3) is 5.91 Å². The second-order valence-electron chi connectivity index (χ2n) is 10.2. The van der Waals surface area contributed by atoms with E-state index in [-0.39, 0.29) is 28.6 Å². The van der Waals surface area contributed by atoms with Gasteiger partial charge in [-0.05, 0) is 79.9 Å². The number of halogens is 1. The lowest BCUT2D eigenvalue weighted by Crippen LogP contribution is -2.52. The third kappa shape index (κ3) is 2.84. The fraction of sp³-hybridized carbons (Fsp3) is 0.583. The minimum Gasteiger partial charge on any atom is -0.347 e. The Morgan fingerprint density at radius 2 is 2.03 bits per heavy atom. The number of hydrogen-bond donors (Lipinski definition) is 1. The molecular weight excluding hydrogens is 365 g/mol. The fourth-order valence-corrected chi connectivity index (χ4v) is 6.46. The van der Waals surface area contributed by atoms with Gasteiger partial charge in [-0.25, -0.2) is 9.07 Å². The summed E-state index contributed by atoms with van der Waals surface area (Å²) in [6, 6.07) is 6.64. The summed E-state index contributed by atoms with van der Waals surface area (Å²) < 4.78 is 15.6. The zero-order valence-corrected chi connectivity index (χ0v) is 17.6. The van der Waals surface area contributed by atoms with Crippen molar-refractivity contribution in [2.45, 2.75) is 71.8 Å². The van der Waals surface area contributed by atoms with Crippen LogP contribution in [0.2, 0.25) is 0 Å². The molecule has 5 rings (SSSR count). The van der Waals surface area contributed by atoms with Crippen LogP contribution in [0.25, 0.3) is 5.69 Å². The van der Waals surface area contributed by atoms with Crippen LogP contribution in [-0.2, 0) is 12.8 Å². The van der Waals surface area contributed by atoms with Crippen LogP contribution < -0.4 is 5.32 Å². The lowest BCUT2D eigenvalue weighted by atomic mass is 9.68. The number of nitrogens with zero attached hydrogens (tertiary/aromatic N) is 2. The van der Waals surface area contributed by atoms with Crippen molar-refractivity contribution < 1.29 is 9.18 Å². The second kappa shape index (κ2) is 6.41. The number of nitrogens with one attached hydrogen (secondary N) is 1. The summed E-state index contributed by atoms with van der Waals surface area (Å²) in [4.78, 5) is 13.4. The molecule has 5 heteroatoms. The molecule has 4 nitrogen and oxygen atoms in total. The monoisotopic (exact) mass is 395 g/mol. The fourth-order valence-electron chi connectivity index (χ4n) is 6.46. The molecule has 0 saturated heterocycles. The molecule has 2 fully saturated rings. The van der Waals surface area contributed by atoms with E-state index in [1.54, 1.807) is 10.7 Å². The SMILES string of the molecule is CC1(C)C2CC[C@@](C)(C2)C1NC(=O)c1nn(-c2cccc(F)c2)c2c1CCCC2. The van der Waals surface area contributed by atoms with E-state index in [1.165, 1.54) is 31.4 Å². The molecule has 3 aliphatic rings. The minimum atomic E-state index is -0.287. The molecule has 29 heavy (non-hydrogen) atoms. The first-order chi connectivity index (χ1) is 13.8. The van der Waals surface area contributed by atoms with Crippen LogP contribution in [0, 0.1) is 22.6 Å². The van der Waals surface area contributed by atoms with Gasteiger partial charge in [0.1, 0.15) is 5.82 Å². The highest BCUT2D eigenvalue weighted by molar-refractivity contribution is 5.94. The molecule has 1 heterocycles. The molecule has 2 bridgehead atoms. The van der Waals surface area contributed by atoms with Gasteiger partial charge in [-0.1, -0.05) is 26.8 Å². The van der Waals surface area contributed by atoms with E-state index in [4.69, 9.17) is 5.10 Å². The summed E-state index contributed by atoms with van der Waals surface area (Å²) in [5.74, 6) is 0.326. The highest BCUT2D eigenvalue weighted by atomic mass is 19.1. The topological polar surface area (TPSA) is 46.9 Å². The van der Waals surface area contributed by atoms with E-state index in [0.29, 0.717) is 17.3 Å². The number of carbonyl (C=O) groups excluding carboxylic acids is 1. The van der Waals surface area contributed by atoms with Crippen LogP contribution >= 0.6 is 0 Å². The molecule has 1 N–H and O–H groups in total. The maximum Gasteiger partial charge on any atom is 0.272 e. The number of benzene rings is 1. The number of fused-ring (bicyclic) bond motifs is 3. The Hall–Kier alpha value is -2.17. The van der Waals surface area contributed by atoms with Gasteiger partial charge in [0, 0.05) is 17.3 Å². The smallest absolute Gasteiger partial charge is 0.272 e. The van der Waals surface area contributed by atoms with Gasteiger partial charge in [-0.15, -0.1) is 0 Å². The van der Waals surface area contributed by atoms with Crippen molar-refractivity contribution in [1.82, 2.24) is 15.1 Å². The van der Waals surface area contributed by atoms with Crippen LogP contribution in [0.1, 0.15) is 74.6 Å². The molecule has 2 unspecified atom stereocenters. The Kier molecular flexibility index (Phi) is 4.17. The van der Waals surface area contributed by atoms with Crippen LogP contribution in [0.5, 0.6) is 0 Å². The molecule has 3 aliphatic carbocycles. The van der Waals surface area contributed by atoms with Crippen LogP contribution in [0.15, 0.2) is 24.3 Å². The highest BCUT2D eigenvalue weighted by Crippen LogP contribution is 2.62. The van der Waals surface area contributed by atoms with Crippen molar-refractivity contribution >= 4 is 5.91 Å². The van der Waals surface area contributed by atoms with Gasteiger partial charge in [-0.2, -0.15) is 5.10 Å². The number of carbonyl (C=O) groups is 1. The van der Waals surface area contributed by atoms with Crippen molar-refractivity contribution in [2.24, 2.45) is 16.7 Å². The summed E-state index contributed by atoms with van der Waals surface area (Å²) in [6.07, 6.45) is 7.52. The number of hydrogen-bond acceptors (Lipinski definition) is 2. The molecule has 1 aromatic carbocycles. The van der Waals surface area contributed by atoms with Crippen LogP contribution in [0.4, 0.5) is 4.39 Å². The van der Waals surface area contributed by atoms with Crippen molar-refractivity contribution in [3.05, 3.63) is 47.0 Å². The predicted molar refractivity (Wildman–Crippen MR) is 111 cm³/mol. The molecule has 3 atom stereocenters. The van der Waals surface area contributed by atoms with E-state index in [0.717, 1.165) is 36.9 Å². The Labute approximate surface area is 171 Å². The standard InChI is InChI=1S/C24H30FN3O/c1-23(2)15-11-12-24(3,14-15)22(23)26-21(29)20-18-9-4-5-10-19(18)28(27-20)17-8-6-7-16(25)13-17/h6-8,13,15,22H,4-5,9-12,14H2,1-3H3,(H,26,29)/t15?,22?,24-/m0/s1. The van der Waals surface area contributed by atoms with Crippen LogP contribution in [-0.4, -0.2) is 21.7 Å². The molecule has 154 valence electrons. The van der Waals surface area contributed by atoms with Gasteiger partial charge in [0.05, 0.1) is 5.69 Å². The quantitative estimate of drug-likeness (QED) is 0.809. The molecular formula is C24H30FN3O. The Balaban J connectivity index is 1.51. The number of amides is 1. The van der Waals surface area contributed by atoms with Crippen LogP contribution in [0.3, 0.4) is 0 Å². The summed E-state index contributed by atoms with van der Waals surface area (Å²) in [5.41, 5.74) is 3.61. The molecule has 0 radical (unpaired) electrons. The summed E-state index contributed by atoms with van der Waals surface area (Å²) in [6.45, 7) is 6.93. The van der Waals surface area contributed by atoms with Gasteiger partial charge in [0.15, 0.2) is 5.69 Å². The molecule has 2 saturated carbocycles. The molecule has 2 aromatic rings. The average Bonchev–Trinajstić information content (AvgIpc) is 3.32. The van der Waals surface area contributed by atoms with E-state index in [9.17, 15) is 9.18 Å². The van der Waals surface area contributed by atoms with E-state index < -0.39 is 0 Å². The minimum absolute atomic E-state index is 0.0647. The van der Waals surface area contributed by atoms with Crippen molar-refractivity contribution in [2.75, 3.05) is 0 Å². The van der Waals surface area contributed by atoms with Gasteiger partial charge in [-0.3, -0.25) is 4.79 Å². The largest absolute Gasteiger partial charge is 0.347 e. The average molecular weight is 396 g/mol. The third-order valence-electron chi connectivity index (χ3n) is 7.99. The van der Waals surface area contributed by atoms with E-state index in [1.807, 2.05) is 6.07 Å². The third-order valence-corrected chi connectivity index (χ3v) is 7.99. The highest BCUT2D eigenvalue weighted by Gasteiger charge is 2.59. The number of aromatic nitrogens is 2. The summed E-state index contributed by atoms with van der Waals surface area (Å²) in [5, 5.41) is 8.11. The summed E-state index contributed by atoms with van der Waals surface area (Å²) >= 11 is 0. The first-order valence-corrected chi connectivity index (χ1v) is 11.0. The lowest BCUT2D eigenvalue weighted by Gasteiger charge is -2.43. The van der Waals surface area contributed by atoms with Crippen molar-refractivity contribution in [1.29, 1.82) is 0 Å². The first-order valence-electron chi connectivity index (χ1n) is 11.0. The molecule has 1 aromatic heterocycles. The van der Waals surface area contributed by atoms with Crippen molar-refractivity contribution in [3.8, 4) is 5.69 Å². The Morgan fingerprint density at radius 1 is 1.24 bits per heavy atom. The van der Waals surface area contributed by atoms with Gasteiger partial charge in [0.2, 0.25) is 0 Å². The van der Waals surface area contributed by atoms with E-state index >= 15 is 0 Å². The molecule has 1 amide bonds. The predicted octanol–water partition coefficient (Wildman–Crippen LogP) is 4.83. The molecule has 0 spiro atoms. The maximum atomic E-state index is 13.8. The maximum absolute atomic E-state index is 13.8. The molecule has 0 aliphatic heterocycles. The number of rotatable bonds is 3. The second-order valence-corrected chi connectivity index (χ2v) is 10.2. The van der Waals surface area contributed by atoms with E-state index in [2.05, 4.69) is 26.1 Å². The zero-order chi connectivity index (χ0) is 20.4. The zero-order valence-electron chi connectivity index (χ0n) is 17.6. The van der Waals surface area contributed by atoms with Gasteiger partial charge >= 0.3 is 0 Å². The van der Waals surface area contributed by atoms with Gasteiger partial charge < -0.3 is 5.32 Å². The Bertz CT molecular complexity index is 974.